The van der Waals surface area contributed by atoms with Crippen LogP contribution in [0.25, 0.3) is 0 Å². The van der Waals surface area contributed by atoms with Crippen LogP contribution in [-0.2, 0) is 23.9 Å². The molecule has 2 bridgehead atoms. The van der Waals surface area contributed by atoms with Gasteiger partial charge in [0.05, 0.1) is 24.7 Å². The normalized spacial score (nSPS) is 36.6. The molecule has 3 aliphatic rings. The van der Waals surface area contributed by atoms with Gasteiger partial charge in [-0.3, -0.25) is 14.4 Å². The van der Waals surface area contributed by atoms with E-state index in [0.29, 0.717) is 19.3 Å². The van der Waals surface area contributed by atoms with E-state index < -0.39 is 40.6 Å². The molecule has 5 atom stereocenters. The van der Waals surface area contributed by atoms with Gasteiger partial charge in [0, 0.05) is 12.1 Å². The molecule has 0 aromatic rings. The molecule has 0 radical (unpaired) electrons. The number of aliphatic hydroxyl groups excluding tert-OH is 1. The van der Waals surface area contributed by atoms with Crippen LogP contribution in [0.2, 0.25) is 0 Å². The molecule has 158 valence electrons. The second-order valence-electron chi connectivity index (χ2n) is 9.08. The van der Waals surface area contributed by atoms with Gasteiger partial charge in [-0.1, -0.05) is 6.92 Å². The lowest BCUT2D eigenvalue weighted by Crippen LogP contribution is -2.58. The number of hydrogen-bond donors (Lipinski definition) is 2. The number of esters is 1. The third-order valence-electron chi connectivity index (χ3n) is 6.31. The summed E-state index contributed by atoms with van der Waals surface area (Å²) < 4.78 is 11.8. The Bertz CT molecular complexity index is 674. The Morgan fingerprint density at radius 3 is 2.54 bits per heavy atom. The molecule has 0 saturated carbocycles. The summed E-state index contributed by atoms with van der Waals surface area (Å²) in [6.45, 7) is 9.26. The molecular formula is C20H32N2O6. The second-order valence-corrected chi connectivity index (χ2v) is 9.08. The van der Waals surface area contributed by atoms with Gasteiger partial charge in [-0.05, 0) is 47.0 Å². The first-order chi connectivity index (χ1) is 13.1. The fourth-order valence-corrected chi connectivity index (χ4v) is 5.40. The van der Waals surface area contributed by atoms with Crippen molar-refractivity contribution >= 4 is 17.8 Å². The van der Waals surface area contributed by atoms with E-state index in [1.807, 2.05) is 27.7 Å². The van der Waals surface area contributed by atoms with Crippen molar-refractivity contribution in [2.24, 2.45) is 11.8 Å². The molecule has 0 aliphatic carbocycles. The highest BCUT2D eigenvalue weighted by Gasteiger charge is 2.79. The third kappa shape index (κ3) is 2.92. The van der Waals surface area contributed by atoms with Gasteiger partial charge in [0.2, 0.25) is 11.8 Å². The number of carbonyl (C=O) groups is 3. The van der Waals surface area contributed by atoms with E-state index in [-0.39, 0.29) is 31.6 Å². The van der Waals surface area contributed by atoms with E-state index in [1.165, 1.54) is 4.90 Å². The molecule has 2 amide bonds. The molecule has 2 N–H and O–H groups in total. The molecule has 3 heterocycles. The monoisotopic (exact) mass is 396 g/mol. The molecule has 28 heavy (non-hydrogen) atoms. The average Bonchev–Trinajstić information content (AvgIpc) is 3.18. The Balaban J connectivity index is 2.06. The van der Waals surface area contributed by atoms with Gasteiger partial charge in [-0.25, -0.2) is 0 Å². The highest BCUT2D eigenvalue weighted by molar-refractivity contribution is 5.98. The summed E-state index contributed by atoms with van der Waals surface area (Å²) in [4.78, 5) is 40.8. The van der Waals surface area contributed by atoms with Gasteiger partial charge in [-0.2, -0.15) is 0 Å². The molecule has 3 saturated heterocycles. The topological polar surface area (TPSA) is 105 Å². The van der Waals surface area contributed by atoms with Gasteiger partial charge in [-0.15, -0.1) is 0 Å². The van der Waals surface area contributed by atoms with Crippen molar-refractivity contribution in [3.05, 3.63) is 0 Å². The zero-order chi connectivity index (χ0) is 20.9. The van der Waals surface area contributed by atoms with Crippen molar-refractivity contribution in [2.45, 2.75) is 76.7 Å². The Morgan fingerprint density at radius 1 is 1.32 bits per heavy atom. The zero-order valence-corrected chi connectivity index (χ0v) is 17.4. The van der Waals surface area contributed by atoms with Crippen molar-refractivity contribution in [3.8, 4) is 0 Å². The SMILES string of the molecule is CCOC(=O)[C@H]1[C@H]2C(=O)N(CCO)C(C(=O)NC(C)(C)C)C23CC[C@]1(CC)O3. The number of ether oxygens (including phenoxy) is 2. The van der Waals surface area contributed by atoms with Gasteiger partial charge in [0.25, 0.3) is 0 Å². The van der Waals surface area contributed by atoms with Crippen molar-refractivity contribution in [1.82, 2.24) is 10.2 Å². The number of nitrogens with zero attached hydrogens (tertiary/aromatic N) is 1. The van der Waals surface area contributed by atoms with E-state index in [2.05, 4.69) is 5.32 Å². The Morgan fingerprint density at radius 2 is 2.00 bits per heavy atom. The van der Waals surface area contributed by atoms with Crippen LogP contribution in [0.4, 0.5) is 0 Å². The summed E-state index contributed by atoms with van der Waals surface area (Å²) in [7, 11) is 0. The third-order valence-corrected chi connectivity index (χ3v) is 6.31. The molecule has 0 aromatic heterocycles. The number of β-amino-alcohol motifs (C(OH)–C–C–N with tert-alkyl or cyclic N) is 1. The van der Waals surface area contributed by atoms with Gasteiger partial charge in [0.1, 0.15) is 17.6 Å². The fourth-order valence-electron chi connectivity index (χ4n) is 5.40. The van der Waals surface area contributed by atoms with Crippen LogP contribution in [-0.4, -0.2) is 70.3 Å². The zero-order valence-electron chi connectivity index (χ0n) is 17.4. The van der Waals surface area contributed by atoms with Crippen molar-refractivity contribution in [2.75, 3.05) is 19.8 Å². The van der Waals surface area contributed by atoms with Gasteiger partial charge >= 0.3 is 5.97 Å². The van der Waals surface area contributed by atoms with Crippen LogP contribution in [0, 0.1) is 11.8 Å². The lowest BCUT2D eigenvalue weighted by molar-refractivity contribution is -0.160. The molecule has 3 aliphatic heterocycles. The maximum atomic E-state index is 13.4. The minimum atomic E-state index is -1.06. The van der Waals surface area contributed by atoms with Crippen molar-refractivity contribution < 1.29 is 29.0 Å². The van der Waals surface area contributed by atoms with Gasteiger partial charge in [0.15, 0.2) is 0 Å². The lowest BCUT2D eigenvalue weighted by Gasteiger charge is -2.35. The summed E-state index contributed by atoms with van der Waals surface area (Å²) in [6.07, 6.45) is 1.69. The van der Waals surface area contributed by atoms with E-state index in [4.69, 9.17) is 9.47 Å². The first-order valence-electron chi connectivity index (χ1n) is 10.2. The first kappa shape index (κ1) is 21.0. The smallest absolute Gasteiger partial charge is 0.312 e. The van der Waals surface area contributed by atoms with Crippen LogP contribution in [0.5, 0.6) is 0 Å². The maximum absolute atomic E-state index is 13.4. The molecule has 3 fully saturated rings. The molecule has 0 aromatic carbocycles. The van der Waals surface area contributed by atoms with E-state index in [0.717, 1.165) is 0 Å². The number of aliphatic hydroxyl groups is 1. The molecular weight excluding hydrogens is 364 g/mol. The predicted octanol–water partition coefficient (Wildman–Crippen LogP) is 0.611. The number of amides is 2. The highest BCUT2D eigenvalue weighted by Crippen LogP contribution is 2.64. The van der Waals surface area contributed by atoms with Crippen molar-refractivity contribution in [3.63, 3.8) is 0 Å². The van der Waals surface area contributed by atoms with Crippen LogP contribution in [0.15, 0.2) is 0 Å². The van der Waals surface area contributed by atoms with Crippen molar-refractivity contribution in [1.29, 1.82) is 0 Å². The number of nitrogens with one attached hydrogen (secondary N) is 1. The van der Waals surface area contributed by atoms with Crippen LogP contribution >= 0.6 is 0 Å². The van der Waals surface area contributed by atoms with Crippen LogP contribution < -0.4 is 5.32 Å². The Labute approximate surface area is 165 Å². The largest absolute Gasteiger partial charge is 0.466 e. The minimum Gasteiger partial charge on any atom is -0.466 e. The number of fused-ring (bicyclic) bond motifs is 1. The molecule has 3 rings (SSSR count). The highest BCUT2D eigenvalue weighted by atomic mass is 16.6. The average molecular weight is 396 g/mol. The van der Waals surface area contributed by atoms with Crippen LogP contribution in [0.1, 0.15) is 53.9 Å². The number of hydrogen-bond acceptors (Lipinski definition) is 6. The van der Waals surface area contributed by atoms with Crippen LogP contribution in [0.3, 0.4) is 0 Å². The second kappa shape index (κ2) is 6.99. The number of carbonyl (C=O) groups excluding carboxylic acids is 3. The summed E-state index contributed by atoms with van der Waals surface area (Å²) in [6, 6.07) is -0.871. The molecule has 8 heteroatoms. The first-order valence-corrected chi connectivity index (χ1v) is 10.2. The fraction of sp³-hybridized carbons (Fsp3) is 0.850. The Hall–Kier alpha value is -1.67. The minimum absolute atomic E-state index is 0.0251. The maximum Gasteiger partial charge on any atom is 0.312 e. The predicted molar refractivity (Wildman–Crippen MR) is 100 cm³/mol. The van der Waals surface area contributed by atoms with E-state index >= 15 is 0 Å². The van der Waals surface area contributed by atoms with E-state index in [9.17, 15) is 19.5 Å². The summed E-state index contributed by atoms with van der Waals surface area (Å²) in [5.41, 5.74) is -2.33. The standard InChI is InChI=1S/C20H32N2O6/c1-6-19-8-9-20(28-19)12(13(19)17(26)27-7-2)16(25)22(10-11-23)14(20)15(24)21-18(3,4)5/h12-14,23H,6-11H2,1-5H3,(H,21,24)/t12-,13+,14?,19-,20?/m0/s1. The summed E-state index contributed by atoms with van der Waals surface area (Å²) in [5.74, 6) is -2.55. The van der Waals surface area contributed by atoms with Gasteiger partial charge < -0.3 is 24.8 Å². The number of likely N-dealkylation sites (tertiary alicyclic amines) is 1. The number of rotatable bonds is 6. The molecule has 2 unspecified atom stereocenters. The summed E-state index contributed by atoms with van der Waals surface area (Å²) >= 11 is 0. The molecule has 1 spiro atoms. The molecule has 8 nitrogen and oxygen atoms in total. The summed E-state index contributed by atoms with van der Waals surface area (Å²) in [5, 5.41) is 12.5. The Kier molecular flexibility index (Phi) is 5.25. The quantitative estimate of drug-likeness (QED) is 0.638. The lowest BCUT2D eigenvalue weighted by atomic mass is 9.65. The van der Waals surface area contributed by atoms with E-state index in [1.54, 1.807) is 6.92 Å².